The van der Waals surface area contributed by atoms with Crippen LogP contribution in [0.3, 0.4) is 0 Å². The minimum Gasteiger partial charge on any atom is -0.389 e. The number of thiocarbonyl (C=S) groups is 1. The maximum atomic E-state index is 12.6. The van der Waals surface area contributed by atoms with Gasteiger partial charge in [-0.1, -0.05) is 18.3 Å². The molecule has 1 fully saturated rings. The predicted octanol–water partition coefficient (Wildman–Crippen LogP) is 1.04. The van der Waals surface area contributed by atoms with Crippen LogP contribution in [-0.4, -0.2) is 43.5 Å². The van der Waals surface area contributed by atoms with Crippen LogP contribution in [0, 0.1) is 6.92 Å². The second kappa shape index (κ2) is 5.77. The van der Waals surface area contributed by atoms with E-state index in [2.05, 4.69) is 0 Å². The molecular formula is C13H18N2O3S2. The molecule has 0 bridgehead atoms. The number of rotatable bonds is 3. The van der Waals surface area contributed by atoms with Gasteiger partial charge in [0, 0.05) is 18.7 Å². The molecule has 0 saturated carbocycles. The molecule has 1 unspecified atom stereocenters. The molecule has 2 N–H and O–H groups in total. The quantitative estimate of drug-likeness (QED) is 0.844. The predicted molar refractivity (Wildman–Crippen MR) is 81.2 cm³/mol. The lowest BCUT2D eigenvalue weighted by atomic mass is 10.1. The van der Waals surface area contributed by atoms with Crippen molar-refractivity contribution in [3.63, 3.8) is 0 Å². The highest BCUT2D eigenvalue weighted by atomic mass is 32.2. The van der Waals surface area contributed by atoms with Crippen molar-refractivity contribution in [2.45, 2.75) is 24.8 Å². The third-order valence-corrected chi connectivity index (χ3v) is 5.54. The summed E-state index contributed by atoms with van der Waals surface area (Å²) >= 11 is 4.90. The largest absolute Gasteiger partial charge is 0.389 e. The first kappa shape index (κ1) is 15.4. The molecule has 0 aliphatic carbocycles. The SMILES string of the molecule is Cc1cc(C(N)=S)ccc1S(=O)(=O)N1CCOC(C)C1. The zero-order valence-electron chi connectivity index (χ0n) is 11.5. The molecule has 1 aliphatic rings. The van der Waals surface area contributed by atoms with Crippen molar-refractivity contribution in [2.75, 3.05) is 19.7 Å². The van der Waals surface area contributed by atoms with Gasteiger partial charge < -0.3 is 10.5 Å². The van der Waals surface area contributed by atoms with Crippen molar-refractivity contribution in [2.24, 2.45) is 5.73 Å². The van der Waals surface area contributed by atoms with Gasteiger partial charge in [0.1, 0.15) is 4.99 Å². The third-order valence-electron chi connectivity index (χ3n) is 3.28. The van der Waals surface area contributed by atoms with Gasteiger partial charge in [-0.05, 0) is 31.5 Å². The maximum absolute atomic E-state index is 12.6. The van der Waals surface area contributed by atoms with Gasteiger partial charge in [-0.2, -0.15) is 4.31 Å². The van der Waals surface area contributed by atoms with E-state index >= 15 is 0 Å². The number of aryl methyl sites for hydroxylation is 1. The van der Waals surface area contributed by atoms with Crippen molar-refractivity contribution < 1.29 is 13.2 Å². The highest BCUT2D eigenvalue weighted by molar-refractivity contribution is 7.89. The fraction of sp³-hybridized carbons (Fsp3) is 0.462. The smallest absolute Gasteiger partial charge is 0.243 e. The Kier molecular flexibility index (Phi) is 4.43. The summed E-state index contributed by atoms with van der Waals surface area (Å²) in [5.41, 5.74) is 6.88. The lowest BCUT2D eigenvalue weighted by Crippen LogP contribution is -2.44. The molecule has 1 aliphatic heterocycles. The molecule has 1 aromatic rings. The van der Waals surface area contributed by atoms with Gasteiger partial charge in [0.15, 0.2) is 0 Å². The van der Waals surface area contributed by atoms with Gasteiger partial charge in [-0.3, -0.25) is 0 Å². The molecule has 0 aromatic heterocycles. The Morgan fingerprint density at radius 1 is 1.50 bits per heavy atom. The Morgan fingerprint density at radius 3 is 2.75 bits per heavy atom. The molecule has 0 amide bonds. The normalized spacial score (nSPS) is 20.8. The van der Waals surface area contributed by atoms with Crippen molar-refractivity contribution in [3.8, 4) is 0 Å². The van der Waals surface area contributed by atoms with E-state index in [0.717, 1.165) is 0 Å². The van der Waals surface area contributed by atoms with Crippen LogP contribution >= 0.6 is 12.2 Å². The van der Waals surface area contributed by atoms with E-state index in [9.17, 15) is 8.42 Å². The van der Waals surface area contributed by atoms with Crippen molar-refractivity contribution in [3.05, 3.63) is 29.3 Å². The lowest BCUT2D eigenvalue weighted by Gasteiger charge is -2.30. The zero-order valence-corrected chi connectivity index (χ0v) is 13.1. The molecule has 7 heteroatoms. The molecule has 1 aromatic carbocycles. The second-order valence-corrected chi connectivity index (χ2v) is 7.24. The Hall–Kier alpha value is -1.02. The fourth-order valence-electron chi connectivity index (χ4n) is 2.24. The molecule has 1 saturated heterocycles. The van der Waals surface area contributed by atoms with Gasteiger partial charge in [-0.25, -0.2) is 8.42 Å². The zero-order chi connectivity index (χ0) is 14.9. The van der Waals surface area contributed by atoms with E-state index in [-0.39, 0.29) is 11.1 Å². The Morgan fingerprint density at radius 2 is 2.20 bits per heavy atom. The first-order chi connectivity index (χ1) is 9.32. The molecule has 0 spiro atoms. The third kappa shape index (κ3) is 3.01. The summed E-state index contributed by atoms with van der Waals surface area (Å²) in [4.78, 5) is 0.559. The number of ether oxygens (including phenoxy) is 1. The van der Waals surface area contributed by atoms with Crippen LogP contribution in [0.15, 0.2) is 23.1 Å². The van der Waals surface area contributed by atoms with Crippen molar-refractivity contribution in [1.29, 1.82) is 0 Å². The monoisotopic (exact) mass is 314 g/mol. The summed E-state index contributed by atoms with van der Waals surface area (Å²) < 4.78 is 32.1. The van der Waals surface area contributed by atoms with Crippen molar-refractivity contribution >= 4 is 27.2 Å². The van der Waals surface area contributed by atoms with E-state index in [1.54, 1.807) is 25.1 Å². The van der Waals surface area contributed by atoms with Crippen LogP contribution in [-0.2, 0) is 14.8 Å². The Balaban J connectivity index is 2.36. The highest BCUT2D eigenvalue weighted by Gasteiger charge is 2.30. The van der Waals surface area contributed by atoms with E-state index < -0.39 is 10.0 Å². The summed E-state index contributed by atoms with van der Waals surface area (Å²) in [6.45, 7) is 4.79. The fourth-order valence-corrected chi connectivity index (χ4v) is 4.07. The number of nitrogens with zero attached hydrogens (tertiary/aromatic N) is 1. The van der Waals surface area contributed by atoms with Crippen LogP contribution in [0.1, 0.15) is 18.1 Å². The number of hydrogen-bond donors (Lipinski definition) is 1. The van der Waals surface area contributed by atoms with Crippen molar-refractivity contribution in [1.82, 2.24) is 4.31 Å². The molecule has 2 rings (SSSR count). The molecule has 1 atom stereocenters. The number of hydrogen-bond acceptors (Lipinski definition) is 4. The van der Waals surface area contributed by atoms with E-state index in [0.29, 0.717) is 35.7 Å². The van der Waals surface area contributed by atoms with Gasteiger partial charge >= 0.3 is 0 Å². The second-order valence-electron chi connectivity index (χ2n) is 4.89. The summed E-state index contributed by atoms with van der Waals surface area (Å²) in [5, 5.41) is 0. The molecular weight excluding hydrogens is 296 g/mol. The van der Waals surface area contributed by atoms with Crippen LogP contribution in [0.25, 0.3) is 0 Å². The Bertz CT molecular complexity index is 629. The molecule has 110 valence electrons. The number of morpholine rings is 1. The topological polar surface area (TPSA) is 72.6 Å². The van der Waals surface area contributed by atoms with Crippen LogP contribution in [0.2, 0.25) is 0 Å². The van der Waals surface area contributed by atoms with Crippen LogP contribution < -0.4 is 5.73 Å². The highest BCUT2D eigenvalue weighted by Crippen LogP contribution is 2.23. The van der Waals surface area contributed by atoms with Gasteiger partial charge in [0.05, 0.1) is 17.6 Å². The molecule has 5 nitrogen and oxygen atoms in total. The average Bonchev–Trinajstić information content (AvgIpc) is 2.38. The van der Waals surface area contributed by atoms with E-state index in [4.69, 9.17) is 22.7 Å². The molecule has 20 heavy (non-hydrogen) atoms. The number of nitrogens with two attached hydrogens (primary N) is 1. The van der Waals surface area contributed by atoms with Gasteiger partial charge in [0.2, 0.25) is 10.0 Å². The summed E-state index contributed by atoms with van der Waals surface area (Å²) in [7, 11) is -3.50. The maximum Gasteiger partial charge on any atom is 0.243 e. The molecule has 0 radical (unpaired) electrons. The summed E-state index contributed by atoms with van der Waals surface area (Å²) in [6.07, 6.45) is -0.0882. The molecule has 1 heterocycles. The van der Waals surface area contributed by atoms with Gasteiger partial charge in [0.25, 0.3) is 0 Å². The van der Waals surface area contributed by atoms with E-state index in [1.165, 1.54) is 4.31 Å². The minimum absolute atomic E-state index is 0.0882. The van der Waals surface area contributed by atoms with Crippen LogP contribution in [0.5, 0.6) is 0 Å². The van der Waals surface area contributed by atoms with E-state index in [1.807, 2.05) is 6.92 Å². The Labute approximate surface area is 124 Å². The average molecular weight is 314 g/mol. The lowest BCUT2D eigenvalue weighted by molar-refractivity contribution is 0.0102. The number of benzene rings is 1. The summed E-state index contributed by atoms with van der Waals surface area (Å²) in [6, 6.07) is 4.92. The number of sulfonamides is 1. The standard InChI is InChI=1S/C13H18N2O3S2/c1-9-7-11(13(14)19)3-4-12(9)20(16,17)15-5-6-18-10(2)8-15/h3-4,7,10H,5-6,8H2,1-2H3,(H2,14,19). The summed E-state index contributed by atoms with van der Waals surface area (Å²) in [5.74, 6) is 0. The first-order valence-corrected chi connectivity index (χ1v) is 8.19. The first-order valence-electron chi connectivity index (χ1n) is 6.34. The minimum atomic E-state index is -3.50. The van der Waals surface area contributed by atoms with Gasteiger partial charge in [-0.15, -0.1) is 0 Å². The van der Waals surface area contributed by atoms with Crippen LogP contribution in [0.4, 0.5) is 0 Å².